The molecule has 182 valence electrons. The summed E-state index contributed by atoms with van der Waals surface area (Å²) in [6.07, 6.45) is 6.14. The molecule has 4 saturated carbocycles. The summed E-state index contributed by atoms with van der Waals surface area (Å²) < 4.78 is 12.1. The second kappa shape index (κ2) is 8.63. The zero-order valence-corrected chi connectivity index (χ0v) is 20.7. The van der Waals surface area contributed by atoms with Crippen LogP contribution in [0.3, 0.4) is 0 Å². The van der Waals surface area contributed by atoms with Gasteiger partial charge in [-0.25, -0.2) is 4.98 Å². The van der Waals surface area contributed by atoms with E-state index in [2.05, 4.69) is 40.6 Å². The van der Waals surface area contributed by atoms with Crippen LogP contribution in [0.1, 0.15) is 51.0 Å². The highest BCUT2D eigenvalue weighted by atomic mass is 32.1. The maximum atomic E-state index is 13.4. The van der Waals surface area contributed by atoms with Crippen LogP contribution in [0.25, 0.3) is 10.2 Å². The Morgan fingerprint density at radius 1 is 1.09 bits per heavy atom. The third-order valence-electron chi connectivity index (χ3n) is 8.13. The van der Waals surface area contributed by atoms with Gasteiger partial charge in [0.15, 0.2) is 11.7 Å². The summed E-state index contributed by atoms with van der Waals surface area (Å²) in [7, 11) is 0. The Balaban J connectivity index is 1.12. The zero-order chi connectivity index (χ0) is 24.0. The van der Waals surface area contributed by atoms with Crippen molar-refractivity contribution in [3.8, 4) is 5.75 Å². The van der Waals surface area contributed by atoms with E-state index in [9.17, 15) is 9.59 Å². The number of hydrogen-bond acceptors (Lipinski definition) is 6. The van der Waals surface area contributed by atoms with E-state index in [0.29, 0.717) is 23.6 Å². The molecular weight excluding hydrogens is 460 g/mol. The number of nitrogens with one attached hydrogen (secondary N) is 1. The minimum Gasteiger partial charge on any atom is -0.494 e. The minimum atomic E-state index is -0.467. The maximum Gasteiger partial charge on any atom is 0.312 e. The molecule has 0 aliphatic heterocycles. The molecule has 1 N–H and O–H groups in total. The van der Waals surface area contributed by atoms with E-state index in [1.165, 1.54) is 23.3 Å². The van der Waals surface area contributed by atoms with Crippen LogP contribution in [0, 0.1) is 17.3 Å². The molecule has 4 aliphatic rings. The van der Waals surface area contributed by atoms with Crippen LogP contribution in [0.15, 0.2) is 48.5 Å². The maximum absolute atomic E-state index is 13.4. The van der Waals surface area contributed by atoms with Crippen molar-refractivity contribution < 1.29 is 19.1 Å². The lowest BCUT2D eigenvalue weighted by atomic mass is 9.43. The SMILES string of the molecule is CCOc1ccc2nc(NC(=O)COC(=O)C34CC5CC(C3)CC(c3ccccc3)(C5)C4)sc2c1. The monoisotopic (exact) mass is 490 g/mol. The summed E-state index contributed by atoms with van der Waals surface area (Å²) in [5, 5.41) is 3.29. The molecule has 6 nitrogen and oxygen atoms in total. The van der Waals surface area contributed by atoms with Crippen molar-refractivity contribution in [2.45, 2.75) is 50.9 Å². The lowest BCUT2D eigenvalue weighted by molar-refractivity contribution is -0.175. The van der Waals surface area contributed by atoms with E-state index in [1.54, 1.807) is 0 Å². The first-order valence-electron chi connectivity index (χ1n) is 12.5. The number of rotatable bonds is 7. The molecule has 0 radical (unpaired) electrons. The predicted octanol–water partition coefficient (Wildman–Crippen LogP) is 5.71. The first-order chi connectivity index (χ1) is 17.0. The molecule has 2 aromatic carbocycles. The van der Waals surface area contributed by atoms with Crippen LogP contribution < -0.4 is 10.1 Å². The smallest absolute Gasteiger partial charge is 0.312 e. The second-order valence-corrected chi connectivity index (χ2v) is 11.6. The van der Waals surface area contributed by atoms with Gasteiger partial charge in [0.2, 0.25) is 0 Å². The van der Waals surface area contributed by atoms with Gasteiger partial charge in [0.25, 0.3) is 5.91 Å². The van der Waals surface area contributed by atoms with Gasteiger partial charge in [-0.3, -0.25) is 14.9 Å². The summed E-state index contributed by atoms with van der Waals surface area (Å²) in [4.78, 5) is 30.5. The number of carbonyl (C=O) groups is 2. The van der Waals surface area contributed by atoms with E-state index in [1.807, 2.05) is 25.1 Å². The standard InChI is InChI=1S/C28H30N2O4S/c1-2-33-21-8-9-22-23(11-21)35-26(29-22)30-24(31)16-34-25(32)28-14-18-10-19(15-28)13-27(12-18,17-28)20-6-4-3-5-7-20/h3-9,11,18-19H,2,10,12-17H2,1H3,(H,29,30,31). The number of fused-ring (bicyclic) bond motifs is 1. The molecular formula is C28H30N2O4S. The first-order valence-corrected chi connectivity index (χ1v) is 13.3. The number of anilines is 1. The molecule has 7 rings (SSSR count). The third kappa shape index (κ3) is 4.10. The van der Waals surface area contributed by atoms with E-state index in [-0.39, 0.29) is 23.9 Å². The topological polar surface area (TPSA) is 77.5 Å². The van der Waals surface area contributed by atoms with Crippen molar-refractivity contribution in [1.29, 1.82) is 0 Å². The van der Waals surface area contributed by atoms with Gasteiger partial charge in [-0.15, -0.1) is 0 Å². The zero-order valence-electron chi connectivity index (χ0n) is 19.9. The molecule has 1 amide bonds. The van der Waals surface area contributed by atoms with Gasteiger partial charge in [-0.1, -0.05) is 41.7 Å². The highest BCUT2D eigenvalue weighted by molar-refractivity contribution is 7.22. The fraction of sp³-hybridized carbons (Fsp3) is 0.464. The first kappa shape index (κ1) is 22.5. The van der Waals surface area contributed by atoms with Crippen LogP contribution in [0.4, 0.5) is 5.13 Å². The Bertz CT molecular complexity index is 1260. The van der Waals surface area contributed by atoms with Crippen LogP contribution in [-0.2, 0) is 19.7 Å². The minimum absolute atomic E-state index is 0.0635. The fourth-order valence-corrected chi connectivity index (χ4v) is 8.20. The molecule has 1 heterocycles. The highest BCUT2D eigenvalue weighted by Gasteiger charge is 2.61. The normalized spacial score (nSPS) is 28.7. The summed E-state index contributed by atoms with van der Waals surface area (Å²) >= 11 is 1.38. The number of amides is 1. The largest absolute Gasteiger partial charge is 0.494 e. The summed E-state index contributed by atoms with van der Waals surface area (Å²) in [6.45, 7) is 2.25. The number of thiazole rings is 1. The molecule has 0 spiro atoms. The second-order valence-electron chi connectivity index (χ2n) is 10.6. The summed E-state index contributed by atoms with van der Waals surface area (Å²) in [5.41, 5.74) is 1.75. The van der Waals surface area contributed by atoms with Gasteiger partial charge in [0.1, 0.15) is 5.75 Å². The number of carbonyl (C=O) groups excluding carboxylic acids is 2. The van der Waals surface area contributed by atoms with Crippen LogP contribution in [-0.4, -0.2) is 30.1 Å². The van der Waals surface area contributed by atoms with Crippen LogP contribution in [0.5, 0.6) is 5.75 Å². The average Bonchev–Trinajstić information content (AvgIpc) is 3.24. The summed E-state index contributed by atoms with van der Waals surface area (Å²) in [5.74, 6) is 1.33. The molecule has 4 aliphatic carbocycles. The van der Waals surface area contributed by atoms with Crippen molar-refractivity contribution in [3.05, 3.63) is 54.1 Å². The molecule has 0 saturated heterocycles. The van der Waals surface area contributed by atoms with Crippen LogP contribution >= 0.6 is 11.3 Å². The van der Waals surface area contributed by atoms with Gasteiger partial charge < -0.3 is 9.47 Å². The van der Waals surface area contributed by atoms with Crippen molar-refractivity contribution in [3.63, 3.8) is 0 Å². The van der Waals surface area contributed by atoms with Gasteiger partial charge >= 0.3 is 5.97 Å². The van der Waals surface area contributed by atoms with Crippen molar-refractivity contribution in [2.75, 3.05) is 18.5 Å². The number of aromatic nitrogens is 1. The van der Waals surface area contributed by atoms with E-state index in [4.69, 9.17) is 9.47 Å². The Morgan fingerprint density at radius 3 is 2.60 bits per heavy atom. The fourth-order valence-electron chi connectivity index (χ4n) is 7.29. The Labute approximate surface area is 209 Å². The Morgan fingerprint density at radius 2 is 1.86 bits per heavy atom. The molecule has 3 aromatic rings. The number of nitrogens with zero attached hydrogens (tertiary/aromatic N) is 1. The number of esters is 1. The molecule has 4 bridgehead atoms. The molecule has 7 heteroatoms. The van der Waals surface area contributed by atoms with Crippen LogP contribution in [0.2, 0.25) is 0 Å². The van der Waals surface area contributed by atoms with Gasteiger partial charge in [-0.05, 0) is 86.5 Å². The Kier molecular flexibility index (Phi) is 5.55. The number of ether oxygens (including phenoxy) is 2. The quantitative estimate of drug-likeness (QED) is 0.429. The average molecular weight is 491 g/mol. The van der Waals surface area contributed by atoms with Gasteiger partial charge in [0, 0.05) is 0 Å². The van der Waals surface area contributed by atoms with Crippen molar-refractivity contribution in [1.82, 2.24) is 4.98 Å². The lowest BCUT2D eigenvalue weighted by Crippen LogP contribution is -2.57. The third-order valence-corrected chi connectivity index (χ3v) is 9.07. The van der Waals surface area contributed by atoms with Crippen molar-refractivity contribution >= 4 is 38.6 Å². The summed E-state index contributed by atoms with van der Waals surface area (Å²) in [6, 6.07) is 16.3. The van der Waals surface area contributed by atoms with Gasteiger partial charge in [-0.2, -0.15) is 0 Å². The van der Waals surface area contributed by atoms with E-state index < -0.39 is 5.41 Å². The van der Waals surface area contributed by atoms with E-state index >= 15 is 0 Å². The highest BCUT2D eigenvalue weighted by Crippen LogP contribution is 2.66. The molecule has 35 heavy (non-hydrogen) atoms. The van der Waals surface area contributed by atoms with E-state index in [0.717, 1.165) is 48.1 Å². The molecule has 4 fully saturated rings. The molecule has 2 atom stereocenters. The molecule has 1 aromatic heterocycles. The lowest BCUT2D eigenvalue weighted by Gasteiger charge is -2.61. The Hall–Kier alpha value is -2.93. The molecule has 2 unspecified atom stereocenters. The number of hydrogen-bond donors (Lipinski definition) is 1. The predicted molar refractivity (Wildman–Crippen MR) is 136 cm³/mol. The number of benzene rings is 2. The van der Waals surface area contributed by atoms with Crippen molar-refractivity contribution in [2.24, 2.45) is 17.3 Å². The van der Waals surface area contributed by atoms with Gasteiger partial charge in [0.05, 0.1) is 22.2 Å².